The molecule has 9 heteroatoms. The number of fused-ring (bicyclic) bond motifs is 3. The lowest BCUT2D eigenvalue weighted by molar-refractivity contribution is -0.142. The second kappa shape index (κ2) is 9.66. The third kappa shape index (κ3) is 4.19. The van der Waals surface area contributed by atoms with Crippen molar-refractivity contribution in [2.75, 3.05) is 5.32 Å². The second-order valence-corrected chi connectivity index (χ2v) is 10.2. The number of aryl methyl sites for hydroxylation is 2. The zero-order valence-electron chi connectivity index (χ0n) is 20.7. The molecular weight excluding hydrogens is 472 g/mol. The van der Waals surface area contributed by atoms with Crippen molar-refractivity contribution in [2.45, 2.75) is 46.7 Å². The lowest BCUT2D eigenvalue weighted by atomic mass is 9.95. The Hall–Kier alpha value is -3.85. The average molecular weight is 501 g/mol. The Labute approximate surface area is 213 Å². The number of benzene rings is 1. The highest BCUT2D eigenvalue weighted by Gasteiger charge is 2.37. The fourth-order valence-electron chi connectivity index (χ4n) is 4.60. The van der Waals surface area contributed by atoms with Crippen molar-refractivity contribution < 1.29 is 9.90 Å². The molecule has 1 aliphatic heterocycles. The van der Waals surface area contributed by atoms with E-state index < -0.39 is 17.9 Å². The first-order valence-electron chi connectivity index (χ1n) is 12.0. The summed E-state index contributed by atoms with van der Waals surface area (Å²) in [6, 6.07) is 11.4. The molecule has 0 aliphatic carbocycles. The first kappa shape index (κ1) is 23.9. The molecule has 184 valence electrons. The SMILES string of the molecule is CCC(C(=O)O)[C@@H]1N=C(c2ccc(NCc3cccnc3)cc2)c2c(sc(C)c2C)-n2c(C)nnc21. The Morgan fingerprint density at radius 2 is 1.94 bits per heavy atom. The number of nitrogens with one attached hydrogen (secondary N) is 1. The van der Waals surface area contributed by atoms with Crippen molar-refractivity contribution in [1.29, 1.82) is 0 Å². The van der Waals surface area contributed by atoms with Crippen LogP contribution in [0.5, 0.6) is 0 Å². The van der Waals surface area contributed by atoms with Gasteiger partial charge in [-0.25, -0.2) is 0 Å². The number of aliphatic carboxylic acids is 1. The van der Waals surface area contributed by atoms with E-state index in [1.54, 1.807) is 17.5 Å². The van der Waals surface area contributed by atoms with Gasteiger partial charge in [0, 0.05) is 40.6 Å². The van der Waals surface area contributed by atoms with Gasteiger partial charge in [0.15, 0.2) is 5.82 Å². The number of pyridine rings is 1. The topological polar surface area (TPSA) is 105 Å². The molecule has 4 aromatic rings. The van der Waals surface area contributed by atoms with Crippen LogP contribution in [0.15, 0.2) is 53.8 Å². The van der Waals surface area contributed by atoms with E-state index in [2.05, 4.69) is 34.3 Å². The number of nitrogens with zero attached hydrogens (tertiary/aromatic N) is 5. The third-order valence-electron chi connectivity index (χ3n) is 6.71. The first-order chi connectivity index (χ1) is 17.4. The maximum Gasteiger partial charge on any atom is 0.309 e. The van der Waals surface area contributed by atoms with Crippen molar-refractivity contribution in [2.24, 2.45) is 10.9 Å². The number of aliphatic imine (C=N–C) groups is 1. The number of carbonyl (C=O) groups is 1. The van der Waals surface area contributed by atoms with Gasteiger partial charge in [-0.05, 0) is 56.5 Å². The van der Waals surface area contributed by atoms with E-state index >= 15 is 0 Å². The van der Waals surface area contributed by atoms with E-state index in [1.165, 1.54) is 4.88 Å². The van der Waals surface area contributed by atoms with Gasteiger partial charge in [0.25, 0.3) is 0 Å². The molecule has 0 fully saturated rings. The van der Waals surface area contributed by atoms with Crippen molar-refractivity contribution in [3.05, 3.63) is 87.6 Å². The summed E-state index contributed by atoms with van der Waals surface area (Å²) in [6.07, 6.45) is 4.04. The first-order valence-corrected chi connectivity index (χ1v) is 12.8. The van der Waals surface area contributed by atoms with Crippen molar-refractivity contribution >= 4 is 28.7 Å². The summed E-state index contributed by atoms with van der Waals surface area (Å²) >= 11 is 1.67. The van der Waals surface area contributed by atoms with Crippen LogP contribution in [0.3, 0.4) is 0 Å². The minimum atomic E-state index is -0.883. The number of rotatable bonds is 7. The van der Waals surface area contributed by atoms with Crippen LogP contribution in [0.2, 0.25) is 0 Å². The van der Waals surface area contributed by atoms with Crippen LogP contribution < -0.4 is 5.32 Å². The Morgan fingerprint density at radius 1 is 1.17 bits per heavy atom. The van der Waals surface area contributed by atoms with Crippen LogP contribution in [0.1, 0.15) is 58.2 Å². The number of hydrogen-bond acceptors (Lipinski definition) is 7. The molecule has 0 radical (unpaired) electrons. The highest BCUT2D eigenvalue weighted by Crippen LogP contribution is 2.41. The molecule has 3 aromatic heterocycles. The Balaban J connectivity index is 1.60. The average Bonchev–Trinajstić information content (AvgIpc) is 3.35. The van der Waals surface area contributed by atoms with Crippen LogP contribution in [-0.4, -0.2) is 36.5 Å². The minimum Gasteiger partial charge on any atom is -0.481 e. The molecule has 2 atom stereocenters. The highest BCUT2D eigenvalue weighted by molar-refractivity contribution is 7.15. The van der Waals surface area contributed by atoms with Gasteiger partial charge in [0.05, 0.1) is 11.6 Å². The Morgan fingerprint density at radius 3 is 2.61 bits per heavy atom. The number of hydrogen-bond donors (Lipinski definition) is 2. The molecule has 0 saturated carbocycles. The molecule has 1 unspecified atom stereocenters. The van der Waals surface area contributed by atoms with Crippen molar-refractivity contribution in [3.8, 4) is 5.00 Å². The smallest absolute Gasteiger partial charge is 0.309 e. The summed E-state index contributed by atoms with van der Waals surface area (Å²) in [4.78, 5) is 22.7. The summed E-state index contributed by atoms with van der Waals surface area (Å²) < 4.78 is 2.00. The molecule has 1 aromatic carbocycles. The van der Waals surface area contributed by atoms with Gasteiger partial charge in [0.1, 0.15) is 16.9 Å². The summed E-state index contributed by atoms with van der Waals surface area (Å²) in [5.41, 5.74) is 5.96. The summed E-state index contributed by atoms with van der Waals surface area (Å²) in [7, 11) is 0. The van der Waals surface area contributed by atoms with Gasteiger partial charge in [-0.1, -0.05) is 25.1 Å². The maximum atomic E-state index is 12.2. The van der Waals surface area contributed by atoms with Crippen LogP contribution >= 0.6 is 11.3 Å². The maximum absolute atomic E-state index is 12.2. The molecular formula is C27H28N6O2S. The number of aromatic nitrogens is 4. The standard InChI is InChI=1S/C27H28N6O2S/c1-5-21(27(34)35)24-25-32-31-17(4)33(25)26-22(15(2)16(3)36-26)23(30-24)19-8-10-20(11-9-19)29-14-18-7-6-12-28-13-18/h6-13,21,24,29H,5,14H2,1-4H3,(H,34,35)/t21?,24-/m0/s1. The van der Waals surface area contributed by atoms with E-state index in [4.69, 9.17) is 4.99 Å². The Bertz CT molecular complexity index is 1440. The predicted octanol–water partition coefficient (Wildman–Crippen LogP) is 5.26. The van der Waals surface area contributed by atoms with Crippen LogP contribution in [0, 0.1) is 26.7 Å². The molecule has 4 heterocycles. The molecule has 0 saturated heterocycles. The van der Waals surface area contributed by atoms with Crippen molar-refractivity contribution in [3.63, 3.8) is 0 Å². The lowest BCUT2D eigenvalue weighted by Gasteiger charge is -2.19. The number of carboxylic acid groups (broad SMARTS) is 1. The monoisotopic (exact) mass is 500 g/mol. The minimum absolute atomic E-state index is 0.436. The van der Waals surface area contributed by atoms with Crippen LogP contribution in [-0.2, 0) is 11.3 Å². The highest BCUT2D eigenvalue weighted by atomic mass is 32.1. The van der Waals surface area contributed by atoms with E-state index in [9.17, 15) is 9.90 Å². The molecule has 36 heavy (non-hydrogen) atoms. The summed E-state index contributed by atoms with van der Waals surface area (Å²) in [5, 5.41) is 23.2. The quantitative estimate of drug-likeness (QED) is 0.358. The lowest BCUT2D eigenvalue weighted by Crippen LogP contribution is -2.23. The zero-order chi connectivity index (χ0) is 25.4. The second-order valence-electron chi connectivity index (χ2n) is 8.97. The van der Waals surface area contributed by atoms with Crippen LogP contribution in [0.4, 0.5) is 5.69 Å². The largest absolute Gasteiger partial charge is 0.481 e. The summed E-state index contributed by atoms with van der Waals surface area (Å²) in [6.45, 7) is 8.64. The molecule has 0 spiro atoms. The predicted molar refractivity (Wildman–Crippen MR) is 141 cm³/mol. The fourth-order valence-corrected chi connectivity index (χ4v) is 5.82. The van der Waals surface area contributed by atoms with Crippen molar-refractivity contribution in [1.82, 2.24) is 19.7 Å². The molecule has 8 nitrogen and oxygen atoms in total. The third-order valence-corrected chi connectivity index (χ3v) is 7.90. The van der Waals surface area contributed by atoms with Crippen LogP contribution in [0.25, 0.3) is 5.00 Å². The van der Waals surface area contributed by atoms with E-state index in [1.807, 2.05) is 61.0 Å². The van der Waals surface area contributed by atoms with Gasteiger partial charge >= 0.3 is 5.97 Å². The molecule has 0 bridgehead atoms. The van der Waals surface area contributed by atoms with Gasteiger partial charge in [-0.2, -0.15) is 0 Å². The summed E-state index contributed by atoms with van der Waals surface area (Å²) in [5.74, 6) is -0.290. The number of anilines is 1. The fraction of sp³-hybridized carbons (Fsp3) is 0.296. The number of carboxylic acids is 1. The molecule has 2 N–H and O–H groups in total. The van der Waals surface area contributed by atoms with Gasteiger partial charge in [0.2, 0.25) is 0 Å². The molecule has 5 rings (SSSR count). The Kier molecular flexibility index (Phi) is 6.40. The molecule has 1 aliphatic rings. The van der Waals surface area contributed by atoms with E-state index in [0.29, 0.717) is 18.8 Å². The van der Waals surface area contributed by atoms with Gasteiger partial charge in [-0.3, -0.25) is 19.3 Å². The van der Waals surface area contributed by atoms with E-state index in [-0.39, 0.29) is 0 Å². The van der Waals surface area contributed by atoms with Gasteiger partial charge < -0.3 is 10.4 Å². The molecule has 0 amide bonds. The normalized spacial score (nSPS) is 15.4. The zero-order valence-corrected chi connectivity index (χ0v) is 21.5. The van der Waals surface area contributed by atoms with Gasteiger partial charge in [-0.15, -0.1) is 21.5 Å². The van der Waals surface area contributed by atoms with E-state index in [0.717, 1.165) is 44.5 Å². The number of thiophene rings is 1.